The van der Waals surface area contributed by atoms with Crippen molar-refractivity contribution in [3.8, 4) is 17.2 Å². The Labute approximate surface area is 151 Å². The number of halogens is 1. The molecule has 0 radical (unpaired) electrons. The van der Waals surface area contributed by atoms with Gasteiger partial charge in [0, 0.05) is 0 Å². The van der Waals surface area contributed by atoms with E-state index < -0.39 is 20.6 Å². The van der Waals surface area contributed by atoms with Crippen LogP contribution in [0.3, 0.4) is 0 Å². The Balaban J connectivity index is 1.94. The number of nitriles is 1. The zero-order chi connectivity index (χ0) is 18.6. The van der Waals surface area contributed by atoms with Crippen LogP contribution >= 0.6 is 0 Å². The van der Waals surface area contributed by atoms with E-state index in [9.17, 15) is 18.1 Å². The van der Waals surface area contributed by atoms with Gasteiger partial charge in [0.05, 0.1) is 4.90 Å². The van der Waals surface area contributed by atoms with Gasteiger partial charge in [0.1, 0.15) is 16.8 Å². The quantitative estimate of drug-likeness (QED) is 0.493. The number of hydrogen-bond acceptors (Lipinski definition) is 3. The molecule has 0 aromatic heterocycles. The molecule has 0 spiro atoms. The third-order valence-corrected chi connectivity index (χ3v) is 5.52. The van der Waals surface area contributed by atoms with Gasteiger partial charge >= 0.3 is 0 Å². The molecule has 0 heterocycles. The van der Waals surface area contributed by atoms with Gasteiger partial charge < -0.3 is 0 Å². The molecule has 0 bridgehead atoms. The lowest BCUT2D eigenvalue weighted by Crippen LogP contribution is -2.03. The molecule has 3 nitrogen and oxygen atoms in total. The number of benzene rings is 3. The van der Waals surface area contributed by atoms with E-state index in [1.807, 2.05) is 42.5 Å². The molecule has 0 fully saturated rings. The van der Waals surface area contributed by atoms with Crippen LogP contribution in [0, 0.1) is 17.1 Å². The van der Waals surface area contributed by atoms with Crippen LogP contribution in [-0.4, -0.2) is 8.42 Å². The second-order valence-corrected chi connectivity index (χ2v) is 7.48. The smallest absolute Gasteiger partial charge is 0.216 e. The first-order chi connectivity index (χ1) is 12.5. The van der Waals surface area contributed by atoms with Crippen LogP contribution in [0.15, 0.2) is 88.7 Å². The van der Waals surface area contributed by atoms with Gasteiger partial charge in [-0.25, -0.2) is 12.8 Å². The van der Waals surface area contributed by atoms with Crippen molar-refractivity contribution < 1.29 is 12.8 Å². The van der Waals surface area contributed by atoms with Crippen molar-refractivity contribution in [2.75, 3.05) is 0 Å². The van der Waals surface area contributed by atoms with E-state index in [0.717, 1.165) is 35.4 Å². The summed E-state index contributed by atoms with van der Waals surface area (Å²) < 4.78 is 38.1. The van der Waals surface area contributed by atoms with Gasteiger partial charge in [0.15, 0.2) is 0 Å². The van der Waals surface area contributed by atoms with Crippen molar-refractivity contribution in [1.29, 1.82) is 5.26 Å². The maximum absolute atomic E-state index is 13.0. The normalized spacial score (nSPS) is 11.8. The summed E-state index contributed by atoms with van der Waals surface area (Å²) in [6, 6.07) is 23.1. The lowest BCUT2D eigenvalue weighted by atomic mass is 10.0. The third-order valence-electron chi connectivity index (χ3n) is 3.84. The van der Waals surface area contributed by atoms with Gasteiger partial charge in [-0.1, -0.05) is 54.6 Å². The van der Waals surface area contributed by atoms with E-state index in [2.05, 4.69) is 0 Å². The zero-order valence-corrected chi connectivity index (χ0v) is 14.4. The molecule has 128 valence electrons. The SMILES string of the molecule is N#C/C(=C\c1ccc(-c2ccccc2)cc1)S(=O)(=O)c1ccc(F)cc1. The van der Waals surface area contributed by atoms with Crippen LogP contribution in [0.1, 0.15) is 5.56 Å². The average Bonchev–Trinajstić information content (AvgIpc) is 2.67. The first kappa shape index (κ1) is 17.6. The van der Waals surface area contributed by atoms with E-state index in [-0.39, 0.29) is 4.90 Å². The summed E-state index contributed by atoms with van der Waals surface area (Å²) >= 11 is 0. The predicted octanol–water partition coefficient (Wildman–Crippen LogP) is 4.83. The van der Waals surface area contributed by atoms with E-state index in [1.165, 1.54) is 6.08 Å². The Morgan fingerprint density at radius 3 is 2.00 bits per heavy atom. The molecule has 0 amide bonds. The van der Waals surface area contributed by atoms with E-state index in [0.29, 0.717) is 5.56 Å². The summed E-state index contributed by atoms with van der Waals surface area (Å²) in [5.41, 5.74) is 2.62. The molecular weight excluding hydrogens is 349 g/mol. The second-order valence-electron chi connectivity index (χ2n) is 5.57. The van der Waals surface area contributed by atoms with Crippen molar-refractivity contribution >= 4 is 15.9 Å². The minimum absolute atomic E-state index is 0.118. The van der Waals surface area contributed by atoms with Crippen molar-refractivity contribution in [2.45, 2.75) is 4.90 Å². The van der Waals surface area contributed by atoms with Gasteiger partial charge in [-0.3, -0.25) is 0 Å². The Morgan fingerprint density at radius 1 is 0.846 bits per heavy atom. The maximum Gasteiger partial charge on any atom is 0.216 e. The molecule has 26 heavy (non-hydrogen) atoms. The molecule has 0 saturated heterocycles. The Bertz CT molecular complexity index is 1080. The van der Waals surface area contributed by atoms with Crippen LogP contribution in [-0.2, 0) is 9.84 Å². The second kappa shape index (κ2) is 7.34. The maximum atomic E-state index is 13.0. The zero-order valence-electron chi connectivity index (χ0n) is 13.6. The van der Waals surface area contributed by atoms with Crippen molar-refractivity contribution in [2.24, 2.45) is 0 Å². The lowest BCUT2D eigenvalue weighted by Gasteiger charge is -2.04. The summed E-state index contributed by atoms with van der Waals surface area (Å²) in [5, 5.41) is 9.30. The van der Waals surface area contributed by atoms with Crippen LogP contribution in [0.5, 0.6) is 0 Å². The molecule has 0 aliphatic heterocycles. The molecule has 0 N–H and O–H groups in total. The largest absolute Gasteiger partial charge is 0.218 e. The minimum Gasteiger partial charge on any atom is -0.218 e. The monoisotopic (exact) mass is 363 g/mol. The van der Waals surface area contributed by atoms with Gasteiger partial charge in [-0.05, 0) is 47.0 Å². The highest BCUT2D eigenvalue weighted by Crippen LogP contribution is 2.23. The lowest BCUT2D eigenvalue weighted by molar-refractivity contribution is 0.601. The summed E-state index contributed by atoms with van der Waals surface area (Å²) in [4.78, 5) is -0.510. The van der Waals surface area contributed by atoms with Crippen LogP contribution in [0.25, 0.3) is 17.2 Å². The third kappa shape index (κ3) is 3.71. The predicted molar refractivity (Wildman–Crippen MR) is 99.1 cm³/mol. The molecule has 0 aliphatic rings. The molecule has 0 saturated carbocycles. The highest BCUT2D eigenvalue weighted by Gasteiger charge is 2.20. The first-order valence-electron chi connectivity index (χ1n) is 7.78. The summed E-state index contributed by atoms with van der Waals surface area (Å²) in [7, 11) is -4.00. The molecule has 0 unspecified atom stereocenters. The molecule has 3 aromatic carbocycles. The minimum atomic E-state index is -4.00. The molecular formula is C21H14FNO2S. The average molecular weight is 363 g/mol. The number of sulfone groups is 1. The van der Waals surface area contributed by atoms with Crippen molar-refractivity contribution in [3.05, 3.63) is 95.1 Å². The van der Waals surface area contributed by atoms with Gasteiger partial charge in [-0.15, -0.1) is 0 Å². The Hall–Kier alpha value is -3.23. The Kier molecular flexibility index (Phi) is 4.97. The van der Waals surface area contributed by atoms with Crippen molar-refractivity contribution in [1.82, 2.24) is 0 Å². The van der Waals surface area contributed by atoms with Crippen LogP contribution in [0.2, 0.25) is 0 Å². The van der Waals surface area contributed by atoms with Crippen molar-refractivity contribution in [3.63, 3.8) is 0 Å². The van der Waals surface area contributed by atoms with E-state index in [4.69, 9.17) is 0 Å². The summed E-state index contributed by atoms with van der Waals surface area (Å²) in [6.45, 7) is 0. The fraction of sp³-hybridized carbons (Fsp3) is 0. The molecule has 5 heteroatoms. The number of allylic oxidation sites excluding steroid dienone is 1. The molecule has 0 aliphatic carbocycles. The highest BCUT2D eigenvalue weighted by atomic mass is 32.2. The topological polar surface area (TPSA) is 57.9 Å². The Morgan fingerprint density at radius 2 is 1.42 bits per heavy atom. The number of nitrogens with zero attached hydrogens (tertiary/aromatic N) is 1. The molecule has 0 atom stereocenters. The van der Waals surface area contributed by atoms with Gasteiger partial charge in [0.25, 0.3) is 0 Å². The summed E-state index contributed by atoms with van der Waals surface area (Å²) in [5.74, 6) is -0.539. The summed E-state index contributed by atoms with van der Waals surface area (Å²) in [6.07, 6.45) is 1.31. The molecule has 3 rings (SSSR count). The first-order valence-corrected chi connectivity index (χ1v) is 9.27. The fourth-order valence-electron chi connectivity index (χ4n) is 2.46. The number of rotatable bonds is 4. The standard InChI is InChI=1S/C21H14FNO2S/c22-19-10-12-20(13-11-19)26(24,25)21(15-23)14-16-6-8-18(9-7-16)17-4-2-1-3-5-17/h1-14H/b21-14+. The van der Waals surface area contributed by atoms with E-state index in [1.54, 1.807) is 18.2 Å². The van der Waals surface area contributed by atoms with Gasteiger partial charge in [-0.2, -0.15) is 5.26 Å². The molecule has 3 aromatic rings. The van der Waals surface area contributed by atoms with Gasteiger partial charge in [0.2, 0.25) is 9.84 Å². The highest BCUT2D eigenvalue weighted by molar-refractivity contribution is 7.95. The van der Waals surface area contributed by atoms with Crippen LogP contribution in [0.4, 0.5) is 4.39 Å². The fourth-order valence-corrected chi connectivity index (χ4v) is 3.62. The number of hydrogen-bond donors (Lipinski definition) is 0. The van der Waals surface area contributed by atoms with E-state index >= 15 is 0 Å². The van der Waals surface area contributed by atoms with Crippen LogP contribution < -0.4 is 0 Å².